The van der Waals surface area contributed by atoms with E-state index in [0.29, 0.717) is 5.01 Å². The Morgan fingerprint density at radius 1 is 1.33 bits per heavy atom. The number of thiazole rings is 1. The number of esters is 1. The van der Waals surface area contributed by atoms with Gasteiger partial charge in [0.25, 0.3) is 5.92 Å². The fourth-order valence-corrected chi connectivity index (χ4v) is 6.34. The van der Waals surface area contributed by atoms with Crippen LogP contribution in [0, 0.1) is 17.0 Å². The molecule has 5 rings (SSSR count). The third kappa shape index (κ3) is 6.18. The van der Waals surface area contributed by atoms with E-state index in [1.807, 2.05) is 0 Å². The lowest BCUT2D eigenvalue weighted by Crippen LogP contribution is -2.51. The van der Waals surface area contributed by atoms with Crippen molar-refractivity contribution in [1.29, 1.82) is 0 Å². The molecule has 244 valence electrons. The number of aliphatic hydroxyl groups is 1. The number of aliphatic imine (C=N–C) groups is 1. The number of carbonyl (C=O) groups is 2. The predicted octanol–water partition coefficient (Wildman–Crippen LogP) is 3.39. The van der Waals surface area contributed by atoms with Crippen LogP contribution in [0.4, 0.5) is 17.6 Å². The maximum absolute atomic E-state index is 15.6. The summed E-state index contributed by atoms with van der Waals surface area (Å²) < 4.78 is 65.1. The number of likely N-dealkylation sites (tertiary alicyclic amines) is 1. The smallest absolute Gasteiger partial charge is 0.338 e. The van der Waals surface area contributed by atoms with E-state index in [0.717, 1.165) is 11.1 Å². The number of rotatable bonds is 10. The average Bonchev–Trinajstić information content (AvgIpc) is 3.71. The molecule has 2 saturated heterocycles. The zero-order valence-electron chi connectivity index (χ0n) is 24.3. The van der Waals surface area contributed by atoms with Gasteiger partial charge in [0.1, 0.15) is 12.1 Å². The van der Waals surface area contributed by atoms with E-state index in [-0.39, 0.29) is 42.4 Å². The molecule has 0 unspecified atom stereocenters. The highest BCUT2D eigenvalue weighted by Crippen LogP contribution is 2.43. The minimum absolute atomic E-state index is 0.0540. The van der Waals surface area contributed by atoms with Crippen LogP contribution in [0.2, 0.25) is 5.02 Å². The summed E-state index contributed by atoms with van der Waals surface area (Å²) in [7, 11) is 0. The molecule has 3 N–H and O–H groups in total. The number of β-amino-alcohol motifs (C(OH)–C–C–N with tert-alkyl or cyclic N) is 1. The first kappa shape index (κ1) is 33.2. The summed E-state index contributed by atoms with van der Waals surface area (Å²) in [5.74, 6) is -7.97. The number of carboxylic acid groups (broad SMARTS) is 1. The molecule has 3 aliphatic rings. The second-order valence-electron chi connectivity index (χ2n) is 11.3. The van der Waals surface area contributed by atoms with E-state index >= 15 is 8.78 Å². The summed E-state index contributed by atoms with van der Waals surface area (Å²) in [6, 6.07) is -1.77. The van der Waals surface area contributed by atoms with Crippen LogP contribution < -0.4 is 5.32 Å². The number of hydroxylamine groups is 2. The number of fused-ring (bicyclic) bond motifs is 1. The van der Waals surface area contributed by atoms with Crippen molar-refractivity contribution < 1.29 is 46.9 Å². The molecule has 2 fully saturated rings. The summed E-state index contributed by atoms with van der Waals surface area (Å²) in [4.78, 5) is 40.7. The molecule has 4 atom stereocenters. The molecule has 17 heteroatoms. The first-order valence-electron chi connectivity index (χ1n) is 13.9. The van der Waals surface area contributed by atoms with Crippen LogP contribution in [0.1, 0.15) is 37.4 Å². The van der Waals surface area contributed by atoms with Gasteiger partial charge in [0.2, 0.25) is 0 Å². The SMILES string of the molecule is CCOC(=O)C1=C(CN2CC(F)(F)[C@@H]3[C@H]2CON3C[C@H](O)C(C)(C)C(=O)O)NC(c2nccs2)=N[C@H]1c1ccc(F)c(F)c1Cl. The molecule has 3 aliphatic heterocycles. The van der Waals surface area contributed by atoms with Crippen LogP contribution in [0.15, 0.2) is 40.0 Å². The minimum atomic E-state index is -3.37. The Bertz CT molecular complexity index is 1540. The van der Waals surface area contributed by atoms with Gasteiger partial charge in [0, 0.05) is 29.4 Å². The van der Waals surface area contributed by atoms with Crippen LogP contribution >= 0.6 is 22.9 Å². The number of carboxylic acids is 1. The largest absolute Gasteiger partial charge is 0.481 e. The molecule has 0 amide bonds. The Morgan fingerprint density at radius 3 is 2.71 bits per heavy atom. The number of amidine groups is 1. The van der Waals surface area contributed by atoms with Crippen LogP contribution in [0.25, 0.3) is 0 Å². The molecule has 2 aromatic rings. The van der Waals surface area contributed by atoms with Gasteiger partial charge in [-0.3, -0.25) is 19.5 Å². The Morgan fingerprint density at radius 2 is 2.07 bits per heavy atom. The number of aliphatic hydroxyl groups excluding tert-OH is 1. The second-order valence-corrected chi connectivity index (χ2v) is 12.6. The minimum Gasteiger partial charge on any atom is -0.481 e. The molecule has 1 aromatic carbocycles. The van der Waals surface area contributed by atoms with Crippen LogP contribution in [-0.4, -0.2) is 99.9 Å². The number of hydrogen-bond acceptors (Lipinski definition) is 11. The number of halogens is 5. The zero-order chi connectivity index (χ0) is 32.8. The molecule has 0 spiro atoms. The fourth-order valence-electron chi connectivity index (χ4n) is 5.49. The lowest BCUT2D eigenvalue weighted by Gasteiger charge is -2.32. The monoisotopic (exact) mass is 675 g/mol. The van der Waals surface area contributed by atoms with E-state index in [9.17, 15) is 28.6 Å². The molecule has 11 nitrogen and oxygen atoms in total. The van der Waals surface area contributed by atoms with Crippen molar-refractivity contribution in [3.8, 4) is 0 Å². The Hall–Kier alpha value is -3.15. The molecular weight excluding hydrogens is 646 g/mol. The van der Waals surface area contributed by atoms with E-state index in [4.69, 9.17) is 21.2 Å². The van der Waals surface area contributed by atoms with Gasteiger partial charge in [-0.25, -0.2) is 27.3 Å². The highest BCUT2D eigenvalue weighted by Gasteiger charge is 2.61. The number of carbonyl (C=O) groups excluding carboxylic acids is 1. The lowest BCUT2D eigenvalue weighted by atomic mass is 9.86. The van der Waals surface area contributed by atoms with Crippen molar-refractivity contribution >= 4 is 40.7 Å². The van der Waals surface area contributed by atoms with Gasteiger partial charge in [0.05, 0.1) is 54.5 Å². The molecule has 1 aromatic heterocycles. The quantitative estimate of drug-likeness (QED) is 0.195. The van der Waals surface area contributed by atoms with Crippen molar-refractivity contribution in [2.45, 2.75) is 50.9 Å². The zero-order valence-corrected chi connectivity index (χ0v) is 25.8. The Labute approximate surface area is 264 Å². The van der Waals surface area contributed by atoms with Gasteiger partial charge in [-0.2, -0.15) is 5.06 Å². The van der Waals surface area contributed by atoms with Crippen molar-refractivity contribution in [3.63, 3.8) is 0 Å². The van der Waals surface area contributed by atoms with Crippen LogP contribution in [-0.2, 0) is 19.2 Å². The normalized spacial score (nSPS) is 24.3. The van der Waals surface area contributed by atoms with Crippen molar-refractivity contribution in [2.24, 2.45) is 10.4 Å². The summed E-state index contributed by atoms with van der Waals surface area (Å²) in [5.41, 5.74) is -1.74. The van der Waals surface area contributed by atoms with E-state index in [1.54, 1.807) is 12.3 Å². The Balaban J connectivity index is 1.53. The average molecular weight is 676 g/mol. The fraction of sp³-hybridized carbons (Fsp3) is 0.500. The number of ether oxygens (including phenoxy) is 1. The number of alkyl halides is 2. The number of nitrogens with one attached hydrogen (secondary N) is 1. The van der Waals surface area contributed by atoms with Gasteiger partial charge in [0.15, 0.2) is 22.5 Å². The van der Waals surface area contributed by atoms with E-state index in [1.165, 1.54) is 42.3 Å². The van der Waals surface area contributed by atoms with Crippen molar-refractivity contribution in [3.05, 3.63) is 62.2 Å². The van der Waals surface area contributed by atoms with E-state index in [2.05, 4.69) is 15.3 Å². The van der Waals surface area contributed by atoms with Gasteiger partial charge < -0.3 is 20.3 Å². The van der Waals surface area contributed by atoms with Crippen LogP contribution in [0.5, 0.6) is 0 Å². The first-order chi connectivity index (χ1) is 21.2. The third-order valence-corrected chi connectivity index (χ3v) is 9.28. The first-order valence-corrected chi connectivity index (χ1v) is 15.1. The lowest BCUT2D eigenvalue weighted by molar-refractivity contribution is -0.202. The van der Waals surface area contributed by atoms with Crippen molar-refractivity contribution in [1.82, 2.24) is 20.3 Å². The topological polar surface area (TPSA) is 137 Å². The van der Waals surface area contributed by atoms with Crippen LogP contribution in [0.3, 0.4) is 0 Å². The predicted molar refractivity (Wildman–Crippen MR) is 154 cm³/mol. The van der Waals surface area contributed by atoms with Gasteiger partial charge in [-0.05, 0) is 26.8 Å². The highest BCUT2D eigenvalue weighted by molar-refractivity contribution is 7.11. The maximum atomic E-state index is 15.6. The molecule has 0 aliphatic carbocycles. The summed E-state index contributed by atoms with van der Waals surface area (Å²) in [6.07, 6.45) is -0.0279. The summed E-state index contributed by atoms with van der Waals surface area (Å²) in [5, 5.41) is 25.4. The number of aliphatic carboxylic acids is 1. The molecule has 4 heterocycles. The summed E-state index contributed by atoms with van der Waals surface area (Å²) >= 11 is 7.40. The maximum Gasteiger partial charge on any atom is 0.338 e. The third-order valence-electron chi connectivity index (χ3n) is 8.12. The van der Waals surface area contributed by atoms with Crippen molar-refractivity contribution in [2.75, 3.05) is 32.8 Å². The van der Waals surface area contributed by atoms with Gasteiger partial charge >= 0.3 is 11.9 Å². The number of hydrogen-bond donors (Lipinski definition) is 3. The van der Waals surface area contributed by atoms with Gasteiger partial charge in [-0.1, -0.05) is 17.7 Å². The molecule has 0 saturated carbocycles. The number of aromatic nitrogens is 1. The molecule has 0 bridgehead atoms. The second kappa shape index (κ2) is 12.6. The van der Waals surface area contributed by atoms with Gasteiger partial charge in [-0.15, -0.1) is 11.3 Å². The standard InChI is InChI=1S/C28H30ClF4N5O6S/c1-4-43-25(40)18-15(35-23(24-34-7-8-45-24)36-21(18)13-5-6-14(30)20(31)19(13)29)9-37-12-28(32,33)22-16(37)11-44-38(22)10-17(39)27(2,3)26(41)42/h5-8,16-17,21-22,39H,4,9-12H2,1-3H3,(H,35,36)(H,41,42)/t16-,17+,21+,22+/m1/s1. The number of nitrogens with zero attached hydrogens (tertiary/aromatic N) is 4. The number of benzene rings is 1. The van der Waals surface area contributed by atoms with E-state index < -0.39 is 77.3 Å². The molecule has 0 radical (unpaired) electrons. The Kier molecular flexibility index (Phi) is 9.28. The molecular formula is C28H30ClF4N5O6S. The highest BCUT2D eigenvalue weighted by atomic mass is 35.5. The summed E-state index contributed by atoms with van der Waals surface area (Å²) in [6.45, 7) is 2.31. The molecule has 45 heavy (non-hydrogen) atoms.